The van der Waals surface area contributed by atoms with Gasteiger partial charge in [0.2, 0.25) is 11.8 Å². The second-order valence-electron chi connectivity index (χ2n) is 7.58. The highest BCUT2D eigenvalue weighted by atomic mass is 35.5. The van der Waals surface area contributed by atoms with Crippen LogP contribution < -0.4 is 5.32 Å². The molecule has 9 heteroatoms. The Bertz CT molecular complexity index is 565. The Labute approximate surface area is 170 Å². The van der Waals surface area contributed by atoms with Crippen LogP contribution in [0.3, 0.4) is 0 Å². The lowest BCUT2D eigenvalue weighted by Gasteiger charge is -2.47. The van der Waals surface area contributed by atoms with Gasteiger partial charge in [-0.3, -0.25) is 14.5 Å². The number of amides is 2. The second kappa shape index (κ2) is 9.09. The first-order valence-corrected chi connectivity index (χ1v) is 10.4. The Morgan fingerprint density at radius 2 is 1.70 bits per heavy atom. The van der Waals surface area contributed by atoms with Gasteiger partial charge in [-0.1, -0.05) is 6.58 Å². The van der Waals surface area contributed by atoms with E-state index in [-0.39, 0.29) is 35.2 Å². The number of aliphatic hydroxyl groups is 1. The number of rotatable bonds is 5. The summed E-state index contributed by atoms with van der Waals surface area (Å²) in [6.07, 6.45) is 1.77. The minimum Gasteiger partial charge on any atom is -0.391 e. The molecule has 3 fully saturated rings. The molecule has 4 unspecified atom stereocenters. The molecule has 0 spiro atoms. The van der Waals surface area contributed by atoms with Gasteiger partial charge in [-0.05, 0) is 18.9 Å². The normalized spacial score (nSPS) is 32.9. The van der Waals surface area contributed by atoms with Crippen LogP contribution in [0.1, 0.15) is 12.8 Å². The third kappa shape index (κ3) is 4.95. The predicted molar refractivity (Wildman–Crippen MR) is 105 cm³/mol. The predicted octanol–water partition coefficient (Wildman–Crippen LogP) is -0.145. The molecule has 2 aliphatic heterocycles. The molecule has 3 aliphatic rings. The lowest BCUT2D eigenvalue weighted by Crippen LogP contribution is -2.64. The summed E-state index contributed by atoms with van der Waals surface area (Å²) in [6.45, 7) is 8.18. The number of nitrogens with zero attached hydrogens (tertiary/aromatic N) is 3. The van der Waals surface area contributed by atoms with E-state index >= 15 is 0 Å². The van der Waals surface area contributed by atoms with Gasteiger partial charge in [0.15, 0.2) is 0 Å². The van der Waals surface area contributed by atoms with Gasteiger partial charge in [-0.2, -0.15) is 0 Å². The number of hydrogen-bond donors (Lipinski definition) is 2. The molecule has 0 radical (unpaired) electrons. The quantitative estimate of drug-likeness (QED) is 0.479. The van der Waals surface area contributed by atoms with Crippen molar-refractivity contribution in [3.63, 3.8) is 0 Å². The van der Waals surface area contributed by atoms with Crippen LogP contribution in [0.25, 0.3) is 0 Å². The molecule has 2 N–H and O–H groups in total. The van der Waals surface area contributed by atoms with Crippen molar-refractivity contribution in [2.45, 2.75) is 41.8 Å². The van der Waals surface area contributed by atoms with Gasteiger partial charge < -0.3 is 20.2 Å². The van der Waals surface area contributed by atoms with E-state index in [1.807, 2.05) is 4.90 Å². The topological polar surface area (TPSA) is 76.1 Å². The summed E-state index contributed by atoms with van der Waals surface area (Å²) < 4.78 is 0. The average molecular weight is 419 g/mol. The van der Waals surface area contributed by atoms with Crippen LogP contribution in [0.15, 0.2) is 12.7 Å². The summed E-state index contributed by atoms with van der Waals surface area (Å²) in [7, 11) is 0. The van der Waals surface area contributed by atoms with E-state index < -0.39 is 6.10 Å². The van der Waals surface area contributed by atoms with Crippen molar-refractivity contribution >= 4 is 35.0 Å². The number of piperazine rings is 1. The Morgan fingerprint density at radius 3 is 2.33 bits per heavy atom. The standard InChI is InChI=1S/C18H28Cl2N4O3/c1-2-17(26)24-10-12(11-24)22-3-5-23(6-4-22)18(27)9-21-15-7-13(19)14(20)8-16(15)25/h2,12-16,21,25H,1,3-11H2. The van der Waals surface area contributed by atoms with Crippen LogP contribution in [-0.2, 0) is 9.59 Å². The molecule has 2 heterocycles. The number of hydrogen-bond acceptors (Lipinski definition) is 5. The first kappa shape index (κ1) is 20.9. The molecule has 7 nitrogen and oxygen atoms in total. The van der Waals surface area contributed by atoms with Crippen molar-refractivity contribution in [1.29, 1.82) is 0 Å². The van der Waals surface area contributed by atoms with Gasteiger partial charge >= 0.3 is 0 Å². The highest BCUT2D eigenvalue weighted by Gasteiger charge is 2.37. The molecule has 0 bridgehead atoms. The maximum Gasteiger partial charge on any atom is 0.246 e. The van der Waals surface area contributed by atoms with Crippen LogP contribution in [0.5, 0.6) is 0 Å². The Kier molecular flexibility index (Phi) is 7.03. The number of aliphatic hydroxyl groups excluding tert-OH is 1. The summed E-state index contributed by atoms with van der Waals surface area (Å²) in [6, 6.07) is 0.182. The zero-order chi connectivity index (χ0) is 19.6. The third-order valence-electron chi connectivity index (χ3n) is 5.85. The highest BCUT2D eigenvalue weighted by Crippen LogP contribution is 2.28. The fourth-order valence-corrected chi connectivity index (χ4v) is 4.55. The zero-order valence-electron chi connectivity index (χ0n) is 15.4. The minimum absolute atomic E-state index is 0.0179. The summed E-state index contributed by atoms with van der Waals surface area (Å²) in [4.78, 5) is 30.0. The Balaban J connectivity index is 1.37. The third-order valence-corrected chi connectivity index (χ3v) is 6.94. The number of carbonyl (C=O) groups is 2. The Hall–Kier alpha value is -0.860. The van der Waals surface area contributed by atoms with E-state index in [1.165, 1.54) is 6.08 Å². The van der Waals surface area contributed by atoms with E-state index in [0.717, 1.165) is 26.2 Å². The number of alkyl halides is 2. The van der Waals surface area contributed by atoms with E-state index in [1.54, 1.807) is 4.90 Å². The van der Waals surface area contributed by atoms with Gasteiger partial charge in [0, 0.05) is 51.4 Å². The van der Waals surface area contributed by atoms with Crippen LogP contribution in [-0.4, -0.2) is 106 Å². The molecule has 3 rings (SSSR count). The molecule has 0 aromatic carbocycles. The summed E-state index contributed by atoms with van der Waals surface area (Å²) >= 11 is 12.3. The number of likely N-dealkylation sites (tertiary alicyclic amines) is 1. The SMILES string of the molecule is C=CC(=O)N1CC(N2CCN(C(=O)CNC3CC(Cl)C(Cl)CC3O)CC2)C1. The molecular formula is C18H28Cl2N4O3. The van der Waals surface area contributed by atoms with Gasteiger partial charge in [0.1, 0.15) is 0 Å². The van der Waals surface area contributed by atoms with Crippen molar-refractivity contribution in [2.24, 2.45) is 0 Å². The molecule has 1 aliphatic carbocycles. The zero-order valence-corrected chi connectivity index (χ0v) is 16.9. The Morgan fingerprint density at radius 1 is 1.07 bits per heavy atom. The molecule has 152 valence electrons. The van der Waals surface area contributed by atoms with Crippen molar-refractivity contribution in [3.05, 3.63) is 12.7 Å². The van der Waals surface area contributed by atoms with Crippen LogP contribution >= 0.6 is 23.2 Å². The average Bonchev–Trinajstić information content (AvgIpc) is 2.62. The van der Waals surface area contributed by atoms with Crippen molar-refractivity contribution in [1.82, 2.24) is 20.0 Å². The van der Waals surface area contributed by atoms with Crippen LogP contribution in [0.2, 0.25) is 0 Å². The largest absolute Gasteiger partial charge is 0.391 e. The first-order valence-electron chi connectivity index (χ1n) is 9.51. The molecule has 27 heavy (non-hydrogen) atoms. The molecule has 4 atom stereocenters. The molecular weight excluding hydrogens is 391 g/mol. The molecule has 2 amide bonds. The summed E-state index contributed by atoms with van der Waals surface area (Å²) in [5.41, 5.74) is 0. The van der Waals surface area contributed by atoms with E-state index in [0.29, 0.717) is 32.0 Å². The molecule has 2 saturated heterocycles. The van der Waals surface area contributed by atoms with Crippen molar-refractivity contribution in [3.8, 4) is 0 Å². The maximum absolute atomic E-state index is 12.5. The molecule has 0 aromatic rings. The van der Waals surface area contributed by atoms with E-state index in [9.17, 15) is 14.7 Å². The number of carbonyl (C=O) groups excluding carboxylic acids is 2. The van der Waals surface area contributed by atoms with E-state index in [4.69, 9.17) is 23.2 Å². The smallest absolute Gasteiger partial charge is 0.246 e. The summed E-state index contributed by atoms with van der Waals surface area (Å²) in [5.74, 6) is 0.0220. The monoisotopic (exact) mass is 418 g/mol. The highest BCUT2D eigenvalue weighted by molar-refractivity contribution is 6.30. The molecule has 1 saturated carbocycles. The van der Waals surface area contributed by atoms with Crippen molar-refractivity contribution in [2.75, 3.05) is 45.8 Å². The van der Waals surface area contributed by atoms with Gasteiger partial charge in [0.25, 0.3) is 0 Å². The second-order valence-corrected chi connectivity index (χ2v) is 8.70. The number of nitrogens with one attached hydrogen (secondary N) is 1. The minimum atomic E-state index is -0.577. The van der Waals surface area contributed by atoms with Gasteiger partial charge in [0.05, 0.1) is 23.4 Å². The first-order chi connectivity index (χ1) is 12.9. The summed E-state index contributed by atoms with van der Waals surface area (Å²) in [5, 5.41) is 12.8. The van der Waals surface area contributed by atoms with Crippen LogP contribution in [0, 0.1) is 0 Å². The van der Waals surface area contributed by atoms with Gasteiger partial charge in [-0.15, -0.1) is 23.2 Å². The maximum atomic E-state index is 12.5. The molecule has 0 aromatic heterocycles. The van der Waals surface area contributed by atoms with E-state index in [2.05, 4.69) is 16.8 Å². The fourth-order valence-electron chi connectivity index (χ4n) is 3.97. The fraction of sp³-hybridized carbons (Fsp3) is 0.778. The lowest BCUT2D eigenvalue weighted by molar-refractivity contribution is -0.136. The van der Waals surface area contributed by atoms with Gasteiger partial charge in [-0.25, -0.2) is 0 Å². The van der Waals surface area contributed by atoms with Crippen LogP contribution in [0.4, 0.5) is 0 Å². The number of halogens is 2. The lowest BCUT2D eigenvalue weighted by atomic mass is 9.91. The van der Waals surface area contributed by atoms with Crippen molar-refractivity contribution < 1.29 is 14.7 Å².